The third-order valence-corrected chi connectivity index (χ3v) is 14.4. The Morgan fingerprint density at radius 2 is 1.42 bits per heavy atom. The summed E-state index contributed by atoms with van der Waals surface area (Å²) in [5.74, 6) is -1.71. The molecule has 0 aromatic heterocycles. The molecule has 1 N–H and O–H groups in total. The zero-order valence-corrected chi connectivity index (χ0v) is 38.9. The topological polar surface area (TPSA) is 191 Å². The molecule has 3 saturated heterocycles. The molecule has 6 aromatic rings. The number of nitro groups is 1. The second-order valence-electron chi connectivity index (χ2n) is 18.3. The third-order valence-electron chi connectivity index (χ3n) is 14.4. The number of nitro benzene ring substituents is 1. The van der Waals surface area contributed by atoms with E-state index in [-0.39, 0.29) is 51.1 Å². The first-order valence-electron chi connectivity index (χ1n) is 23.8. The molecule has 5 aliphatic rings. The Kier molecular flexibility index (Phi) is 12.4. The van der Waals surface area contributed by atoms with Crippen LogP contribution in [0.25, 0.3) is 0 Å². The van der Waals surface area contributed by atoms with Crippen LogP contribution in [-0.2, 0) is 42.4 Å². The quantitative estimate of drug-likeness (QED) is 0.0746. The summed E-state index contributed by atoms with van der Waals surface area (Å²) in [5, 5.41) is 21.2. The summed E-state index contributed by atoms with van der Waals surface area (Å²) in [6, 6.07) is 40.7. The van der Waals surface area contributed by atoms with E-state index in [1.165, 1.54) is 24.3 Å². The minimum atomic E-state index is -2.00. The molecule has 6 atom stereocenters. The SMILES string of the molecule is O=C1O[C@H](c2ccccc2)[C@H](c2ccccc2)N2[C@H]1[C@@H](C(=O)N1CCN(Cc3ccc4c(c3)OCO4)CC1)[C@]1(C(=O)N(C(=O)OCc3ccc([N+](=O)[O-])cc3)c3ccccc31)[C@H]2c1cccc(OCCO)c1. The maximum absolute atomic E-state index is 16.5. The van der Waals surface area contributed by atoms with Crippen molar-refractivity contribution in [2.24, 2.45) is 5.92 Å². The molecule has 5 heterocycles. The van der Waals surface area contributed by atoms with Gasteiger partial charge in [-0.05, 0) is 75.8 Å². The molecule has 0 aliphatic carbocycles. The highest BCUT2D eigenvalue weighted by atomic mass is 16.7. The summed E-state index contributed by atoms with van der Waals surface area (Å²) in [7, 11) is 0. The molecule has 3 amide bonds. The van der Waals surface area contributed by atoms with Crippen molar-refractivity contribution in [2.75, 3.05) is 51.1 Å². The van der Waals surface area contributed by atoms with Crippen molar-refractivity contribution in [1.82, 2.24) is 14.7 Å². The van der Waals surface area contributed by atoms with Gasteiger partial charge in [-0.25, -0.2) is 9.69 Å². The number of amides is 3. The number of aliphatic hydroxyl groups is 1. The fourth-order valence-electron chi connectivity index (χ4n) is 11.3. The van der Waals surface area contributed by atoms with Crippen LogP contribution < -0.4 is 19.1 Å². The van der Waals surface area contributed by atoms with E-state index >= 15 is 14.4 Å². The Morgan fingerprint density at radius 3 is 2.15 bits per heavy atom. The highest BCUT2D eigenvalue weighted by Gasteiger charge is 2.76. The summed E-state index contributed by atoms with van der Waals surface area (Å²) >= 11 is 0. The Bertz CT molecular complexity index is 3040. The maximum Gasteiger partial charge on any atom is 0.421 e. The summed E-state index contributed by atoms with van der Waals surface area (Å²) in [5.41, 5.74) is 1.75. The number of fused-ring (bicyclic) bond motifs is 4. The maximum atomic E-state index is 16.5. The van der Waals surface area contributed by atoms with E-state index in [0.717, 1.165) is 16.0 Å². The first-order chi connectivity index (χ1) is 35.1. The monoisotopic (exact) mass is 971 g/mol. The van der Waals surface area contributed by atoms with Crippen LogP contribution in [0, 0.1) is 16.0 Å². The molecule has 72 heavy (non-hydrogen) atoms. The molecule has 3 fully saturated rings. The normalized spacial score (nSPS) is 23.4. The fourth-order valence-corrected chi connectivity index (χ4v) is 11.3. The lowest BCUT2D eigenvalue weighted by molar-refractivity contribution is -0.384. The van der Waals surface area contributed by atoms with Crippen molar-refractivity contribution in [3.8, 4) is 17.2 Å². The number of para-hydroxylation sites is 1. The highest BCUT2D eigenvalue weighted by Crippen LogP contribution is 2.66. The number of carbonyl (C=O) groups is 4. The highest BCUT2D eigenvalue weighted by molar-refractivity contribution is 6.23. The molecule has 17 heteroatoms. The van der Waals surface area contributed by atoms with Crippen LogP contribution in [-0.4, -0.2) is 101 Å². The summed E-state index contributed by atoms with van der Waals surface area (Å²) < 4.78 is 29.7. The number of hydrogen-bond donors (Lipinski definition) is 1. The Balaban J connectivity index is 1.06. The molecule has 6 aromatic carbocycles. The molecule has 0 bridgehead atoms. The van der Waals surface area contributed by atoms with Gasteiger partial charge in [0.15, 0.2) is 11.5 Å². The summed E-state index contributed by atoms with van der Waals surface area (Å²) in [6.07, 6.45) is -1.96. The number of benzene rings is 6. The first-order valence-corrected chi connectivity index (χ1v) is 23.8. The van der Waals surface area contributed by atoms with Crippen LogP contribution in [0.5, 0.6) is 17.2 Å². The number of piperazine rings is 1. The number of rotatable bonds is 12. The smallest absolute Gasteiger partial charge is 0.421 e. The third kappa shape index (κ3) is 8.04. The minimum Gasteiger partial charge on any atom is -0.491 e. The van der Waals surface area contributed by atoms with E-state index in [9.17, 15) is 20.0 Å². The fraction of sp³-hybridized carbons (Fsp3) is 0.273. The van der Waals surface area contributed by atoms with Gasteiger partial charge in [-0.2, -0.15) is 0 Å². The molecule has 1 spiro atoms. The van der Waals surface area contributed by atoms with Crippen LogP contribution in [0.3, 0.4) is 0 Å². The Labute approximate surface area is 413 Å². The average molecular weight is 972 g/mol. The van der Waals surface area contributed by atoms with E-state index in [1.807, 2.05) is 89.8 Å². The number of ether oxygens (including phenoxy) is 5. The number of cyclic esters (lactones) is 1. The lowest BCUT2D eigenvalue weighted by Gasteiger charge is -2.46. The van der Waals surface area contributed by atoms with E-state index < -0.39 is 64.4 Å². The van der Waals surface area contributed by atoms with Gasteiger partial charge in [0.1, 0.15) is 36.5 Å². The standard InChI is InChI=1S/C55H49N5O12/c61-28-29-68-41-15-9-14-39(31-41)50-55(42-16-7-8-17-43(42)58(53(55)64)54(65)69-33-35-18-21-40(22-19-35)60(66)67)46(51(62)57-26-24-56(25-27-57)32-36-20-23-44-45(30-36)71-34-70-44)48-52(63)72-49(38-12-5-2-6-13-38)47(59(48)50)37-10-3-1-4-11-37/h1-23,30-31,46-50,61H,24-29,32-34H2/t46-,47-,48-,49+,50+,55-/m0/s1. The van der Waals surface area contributed by atoms with E-state index in [0.29, 0.717) is 59.1 Å². The molecule has 0 radical (unpaired) electrons. The number of non-ortho nitro benzene ring substituents is 1. The number of nitrogens with zero attached hydrogens (tertiary/aromatic N) is 5. The number of carbonyl (C=O) groups excluding carboxylic acids is 4. The van der Waals surface area contributed by atoms with Crippen LogP contribution in [0.1, 0.15) is 51.6 Å². The number of aliphatic hydroxyl groups excluding tert-OH is 1. The number of imide groups is 1. The molecule has 17 nitrogen and oxygen atoms in total. The van der Waals surface area contributed by atoms with Gasteiger partial charge < -0.3 is 33.7 Å². The second-order valence-corrected chi connectivity index (χ2v) is 18.3. The summed E-state index contributed by atoms with van der Waals surface area (Å²) in [4.78, 5) is 80.7. The minimum absolute atomic E-state index is 0.0292. The lowest BCUT2D eigenvalue weighted by atomic mass is 9.65. The van der Waals surface area contributed by atoms with Crippen molar-refractivity contribution in [2.45, 2.75) is 42.8 Å². The number of esters is 1. The average Bonchev–Trinajstić information content (AvgIpc) is 4.09. The van der Waals surface area contributed by atoms with Gasteiger partial charge in [-0.3, -0.25) is 34.3 Å². The molecular weight excluding hydrogens is 923 g/mol. The second kappa shape index (κ2) is 19.2. The van der Waals surface area contributed by atoms with Crippen LogP contribution in [0.4, 0.5) is 16.2 Å². The lowest BCUT2D eigenvalue weighted by Crippen LogP contribution is -2.59. The van der Waals surface area contributed by atoms with Gasteiger partial charge in [-0.15, -0.1) is 0 Å². The molecular formula is C55H49N5O12. The van der Waals surface area contributed by atoms with Crippen molar-refractivity contribution < 1.29 is 52.9 Å². The van der Waals surface area contributed by atoms with Crippen molar-refractivity contribution >= 4 is 35.3 Å². The van der Waals surface area contributed by atoms with E-state index in [1.54, 1.807) is 47.4 Å². The molecule has 0 unspecified atom stereocenters. The molecule has 5 aliphatic heterocycles. The number of anilines is 1. The zero-order chi connectivity index (χ0) is 49.5. The number of morpholine rings is 1. The van der Waals surface area contributed by atoms with Crippen LogP contribution >= 0.6 is 0 Å². The van der Waals surface area contributed by atoms with E-state index in [2.05, 4.69) is 4.90 Å². The Hall–Kier alpha value is -8.12. The first kappa shape index (κ1) is 46.3. The van der Waals surface area contributed by atoms with Gasteiger partial charge in [0.05, 0.1) is 35.2 Å². The van der Waals surface area contributed by atoms with Gasteiger partial charge in [-0.1, -0.05) is 97.1 Å². The van der Waals surface area contributed by atoms with Crippen LogP contribution in [0.2, 0.25) is 0 Å². The zero-order valence-electron chi connectivity index (χ0n) is 38.9. The Morgan fingerprint density at radius 1 is 0.736 bits per heavy atom. The van der Waals surface area contributed by atoms with Crippen molar-refractivity contribution in [3.05, 3.63) is 195 Å². The van der Waals surface area contributed by atoms with E-state index in [4.69, 9.17) is 23.7 Å². The van der Waals surface area contributed by atoms with Gasteiger partial charge in [0.25, 0.3) is 5.69 Å². The van der Waals surface area contributed by atoms with Gasteiger partial charge in [0, 0.05) is 44.9 Å². The van der Waals surface area contributed by atoms with Gasteiger partial charge in [0.2, 0.25) is 18.6 Å². The molecule has 11 rings (SSSR count). The summed E-state index contributed by atoms with van der Waals surface area (Å²) in [6.45, 7) is 1.57. The largest absolute Gasteiger partial charge is 0.491 e. The molecule has 366 valence electrons. The van der Waals surface area contributed by atoms with Crippen LogP contribution in [0.15, 0.2) is 152 Å². The molecule has 0 saturated carbocycles. The van der Waals surface area contributed by atoms with Crippen molar-refractivity contribution in [1.29, 1.82) is 0 Å². The predicted octanol–water partition coefficient (Wildman–Crippen LogP) is 7.04. The van der Waals surface area contributed by atoms with Crippen molar-refractivity contribution in [3.63, 3.8) is 0 Å². The van der Waals surface area contributed by atoms with Gasteiger partial charge >= 0.3 is 12.1 Å². The number of hydrogen-bond acceptors (Lipinski definition) is 14. The predicted molar refractivity (Wildman–Crippen MR) is 259 cm³/mol.